The molecule has 0 bridgehead atoms. The van der Waals surface area contributed by atoms with Gasteiger partial charge in [0.15, 0.2) is 17.4 Å². The maximum Gasteiger partial charge on any atom is 0.190 e. The second-order valence-corrected chi connectivity index (χ2v) is 7.35. The third-order valence-electron chi connectivity index (χ3n) is 5.48. The standard InChI is InChI=1S/C24H26F2O/c1-3-4-17-7-11-20(12-8-17)21-13-9-18(10-14-21)5-6-19-15-22(25)24(27-2)23(26)16-19/h9-10,13-17,20H,3-4,7-8,11-12H2,1-2H3. The van der Waals surface area contributed by atoms with Crippen LogP contribution < -0.4 is 4.74 Å². The summed E-state index contributed by atoms with van der Waals surface area (Å²) < 4.78 is 32.2. The lowest BCUT2D eigenvalue weighted by atomic mass is 9.77. The van der Waals surface area contributed by atoms with Crippen molar-refractivity contribution >= 4 is 0 Å². The molecule has 0 unspecified atom stereocenters. The Morgan fingerprint density at radius 2 is 1.52 bits per heavy atom. The summed E-state index contributed by atoms with van der Waals surface area (Å²) >= 11 is 0. The first-order valence-corrected chi connectivity index (χ1v) is 9.75. The largest absolute Gasteiger partial charge is 0.491 e. The van der Waals surface area contributed by atoms with Gasteiger partial charge in [-0.25, -0.2) is 8.78 Å². The van der Waals surface area contributed by atoms with Gasteiger partial charge in [-0.05, 0) is 67.3 Å². The fraction of sp³-hybridized carbons (Fsp3) is 0.417. The Morgan fingerprint density at radius 1 is 0.926 bits per heavy atom. The Balaban J connectivity index is 1.66. The Kier molecular flexibility index (Phi) is 6.50. The van der Waals surface area contributed by atoms with Crippen LogP contribution in [0.25, 0.3) is 0 Å². The molecule has 0 radical (unpaired) electrons. The van der Waals surface area contributed by atoms with E-state index in [2.05, 4.69) is 35.6 Å². The minimum atomic E-state index is -0.740. The van der Waals surface area contributed by atoms with Crippen LogP contribution in [0.5, 0.6) is 5.75 Å². The summed E-state index contributed by atoms with van der Waals surface area (Å²) in [6.45, 7) is 2.26. The fourth-order valence-electron chi connectivity index (χ4n) is 4.00. The highest BCUT2D eigenvalue weighted by atomic mass is 19.1. The molecule has 1 aliphatic rings. The zero-order chi connectivity index (χ0) is 19.2. The molecule has 142 valence electrons. The summed E-state index contributed by atoms with van der Waals surface area (Å²) in [5.74, 6) is 5.50. The predicted octanol–water partition coefficient (Wildman–Crippen LogP) is 6.45. The fourth-order valence-corrected chi connectivity index (χ4v) is 4.00. The van der Waals surface area contributed by atoms with Crippen LogP contribution in [0.4, 0.5) is 8.78 Å². The minimum Gasteiger partial charge on any atom is -0.491 e. The van der Waals surface area contributed by atoms with Crippen LogP contribution in [0.2, 0.25) is 0 Å². The molecule has 1 nitrogen and oxygen atoms in total. The second kappa shape index (κ2) is 9.04. The van der Waals surface area contributed by atoms with E-state index >= 15 is 0 Å². The van der Waals surface area contributed by atoms with Gasteiger partial charge < -0.3 is 4.74 Å². The van der Waals surface area contributed by atoms with Crippen molar-refractivity contribution < 1.29 is 13.5 Å². The molecular weight excluding hydrogens is 342 g/mol. The average Bonchev–Trinajstić information content (AvgIpc) is 2.67. The van der Waals surface area contributed by atoms with Crippen LogP contribution in [-0.4, -0.2) is 7.11 Å². The van der Waals surface area contributed by atoms with Gasteiger partial charge in [-0.1, -0.05) is 43.7 Å². The molecule has 2 aromatic carbocycles. The summed E-state index contributed by atoms with van der Waals surface area (Å²) in [4.78, 5) is 0. The molecule has 2 aromatic rings. The summed E-state index contributed by atoms with van der Waals surface area (Å²) in [5.41, 5.74) is 2.51. The highest BCUT2D eigenvalue weighted by molar-refractivity contribution is 5.46. The van der Waals surface area contributed by atoms with E-state index in [1.54, 1.807) is 0 Å². The number of ether oxygens (including phenoxy) is 1. The normalized spacial score (nSPS) is 19.3. The van der Waals surface area contributed by atoms with Gasteiger partial charge in [-0.3, -0.25) is 0 Å². The first kappa shape index (κ1) is 19.4. The van der Waals surface area contributed by atoms with Crippen molar-refractivity contribution in [1.29, 1.82) is 0 Å². The summed E-state index contributed by atoms with van der Waals surface area (Å²) in [7, 11) is 1.24. The van der Waals surface area contributed by atoms with Gasteiger partial charge in [-0.2, -0.15) is 0 Å². The zero-order valence-electron chi connectivity index (χ0n) is 16.0. The van der Waals surface area contributed by atoms with E-state index < -0.39 is 11.6 Å². The number of methoxy groups -OCH3 is 1. The van der Waals surface area contributed by atoms with Crippen LogP contribution in [0.3, 0.4) is 0 Å². The molecule has 0 atom stereocenters. The predicted molar refractivity (Wildman–Crippen MR) is 105 cm³/mol. The van der Waals surface area contributed by atoms with Crippen LogP contribution in [-0.2, 0) is 0 Å². The third-order valence-corrected chi connectivity index (χ3v) is 5.48. The van der Waals surface area contributed by atoms with E-state index in [4.69, 9.17) is 0 Å². The number of benzene rings is 2. The molecule has 0 heterocycles. The van der Waals surface area contributed by atoms with Gasteiger partial charge in [0, 0.05) is 11.1 Å². The van der Waals surface area contributed by atoms with E-state index in [1.165, 1.54) is 63.3 Å². The van der Waals surface area contributed by atoms with Crippen LogP contribution in [0.15, 0.2) is 36.4 Å². The summed E-state index contributed by atoms with van der Waals surface area (Å²) in [6.07, 6.45) is 7.82. The molecule has 0 saturated heterocycles. The zero-order valence-corrected chi connectivity index (χ0v) is 16.0. The monoisotopic (exact) mass is 368 g/mol. The molecular formula is C24H26F2O. The van der Waals surface area contributed by atoms with Crippen LogP contribution in [0.1, 0.15) is 68.1 Å². The van der Waals surface area contributed by atoms with Crippen LogP contribution in [0, 0.1) is 29.4 Å². The quantitative estimate of drug-likeness (QED) is 0.564. The van der Waals surface area contributed by atoms with Crippen molar-refractivity contribution in [2.24, 2.45) is 5.92 Å². The molecule has 3 rings (SSSR count). The van der Waals surface area contributed by atoms with Crippen molar-refractivity contribution in [2.45, 2.75) is 51.4 Å². The Bertz CT molecular complexity index is 799. The van der Waals surface area contributed by atoms with E-state index in [-0.39, 0.29) is 5.75 Å². The topological polar surface area (TPSA) is 9.23 Å². The highest BCUT2D eigenvalue weighted by Crippen LogP contribution is 2.37. The molecule has 0 spiro atoms. The van der Waals surface area contributed by atoms with Gasteiger partial charge >= 0.3 is 0 Å². The number of halogens is 2. The number of hydrogen-bond acceptors (Lipinski definition) is 1. The molecule has 1 fully saturated rings. The summed E-state index contributed by atoms with van der Waals surface area (Å²) in [6, 6.07) is 10.7. The molecule has 3 heteroatoms. The molecule has 27 heavy (non-hydrogen) atoms. The van der Waals surface area contributed by atoms with Crippen molar-refractivity contribution in [3.63, 3.8) is 0 Å². The maximum atomic E-state index is 13.7. The SMILES string of the molecule is CCCC1CCC(c2ccc(C#Cc3cc(F)c(OC)c(F)c3)cc2)CC1. The Hall–Kier alpha value is -2.34. The van der Waals surface area contributed by atoms with E-state index in [9.17, 15) is 8.78 Å². The molecule has 1 aliphatic carbocycles. The van der Waals surface area contributed by atoms with Gasteiger partial charge in [0.2, 0.25) is 0 Å². The third kappa shape index (κ3) is 4.89. The minimum absolute atomic E-state index is 0.295. The number of rotatable bonds is 4. The van der Waals surface area contributed by atoms with Crippen molar-refractivity contribution in [1.82, 2.24) is 0 Å². The molecule has 0 N–H and O–H groups in total. The van der Waals surface area contributed by atoms with Crippen molar-refractivity contribution in [2.75, 3.05) is 7.11 Å². The van der Waals surface area contributed by atoms with Gasteiger partial charge in [0.1, 0.15) is 0 Å². The Labute approximate surface area is 160 Å². The highest BCUT2D eigenvalue weighted by Gasteiger charge is 2.21. The van der Waals surface area contributed by atoms with Crippen LogP contribution >= 0.6 is 0 Å². The molecule has 0 aromatic heterocycles. The van der Waals surface area contributed by atoms with Gasteiger partial charge in [0.25, 0.3) is 0 Å². The Morgan fingerprint density at radius 3 is 2.07 bits per heavy atom. The van der Waals surface area contributed by atoms with E-state index in [0.717, 1.165) is 11.5 Å². The lowest BCUT2D eigenvalue weighted by Gasteiger charge is -2.28. The molecule has 0 amide bonds. The second-order valence-electron chi connectivity index (χ2n) is 7.35. The summed E-state index contributed by atoms with van der Waals surface area (Å²) in [5, 5.41) is 0. The lowest BCUT2D eigenvalue weighted by Crippen LogP contribution is -2.13. The van der Waals surface area contributed by atoms with E-state index in [1.807, 2.05) is 12.1 Å². The average molecular weight is 368 g/mol. The lowest BCUT2D eigenvalue weighted by molar-refractivity contribution is 0.308. The van der Waals surface area contributed by atoms with Gasteiger partial charge in [0.05, 0.1) is 7.11 Å². The smallest absolute Gasteiger partial charge is 0.190 e. The van der Waals surface area contributed by atoms with Crippen molar-refractivity contribution in [3.05, 3.63) is 64.7 Å². The first-order chi connectivity index (χ1) is 13.1. The number of hydrogen-bond donors (Lipinski definition) is 0. The first-order valence-electron chi connectivity index (χ1n) is 9.75. The van der Waals surface area contributed by atoms with Gasteiger partial charge in [-0.15, -0.1) is 0 Å². The maximum absolute atomic E-state index is 13.7. The molecule has 1 saturated carbocycles. The van der Waals surface area contributed by atoms with E-state index in [0.29, 0.717) is 11.5 Å². The molecule has 0 aliphatic heterocycles. The van der Waals surface area contributed by atoms with Crippen molar-refractivity contribution in [3.8, 4) is 17.6 Å².